The number of fused-ring (bicyclic) bond motifs is 1. The van der Waals surface area contributed by atoms with E-state index in [0.29, 0.717) is 0 Å². The summed E-state index contributed by atoms with van der Waals surface area (Å²) in [6.07, 6.45) is 1.21. The van der Waals surface area contributed by atoms with Gasteiger partial charge in [0.25, 0.3) is 0 Å². The second-order valence-electron chi connectivity index (χ2n) is 4.42. The fraction of sp³-hybridized carbons (Fsp3) is 0.231. The monoisotopic (exact) mass is 264 g/mol. The Kier molecular flexibility index (Phi) is 3.65. The summed E-state index contributed by atoms with van der Waals surface area (Å²) in [6.45, 7) is 0. The third-order valence-corrected chi connectivity index (χ3v) is 3.79. The lowest BCUT2D eigenvalue weighted by Crippen LogP contribution is -2.32. The first kappa shape index (κ1) is 13.0. The number of rotatable bonds is 4. The Balaban J connectivity index is 2.39. The van der Waals surface area contributed by atoms with Crippen molar-refractivity contribution in [2.45, 2.75) is 6.04 Å². The maximum Gasteiger partial charge on any atom is 0.149 e. The average molecular weight is 264 g/mol. The van der Waals surface area contributed by atoms with Gasteiger partial charge in [0.15, 0.2) is 0 Å². The van der Waals surface area contributed by atoms with Crippen molar-refractivity contribution in [1.29, 1.82) is 0 Å². The second kappa shape index (κ2) is 5.06. The van der Waals surface area contributed by atoms with Gasteiger partial charge in [0.1, 0.15) is 9.84 Å². The van der Waals surface area contributed by atoms with Crippen LogP contribution in [0.5, 0.6) is 0 Å². The van der Waals surface area contributed by atoms with Gasteiger partial charge in [-0.25, -0.2) is 8.42 Å². The van der Waals surface area contributed by atoms with Gasteiger partial charge in [0.2, 0.25) is 0 Å². The van der Waals surface area contributed by atoms with Crippen molar-refractivity contribution in [3.8, 4) is 0 Å². The molecule has 0 aromatic heterocycles. The molecule has 0 saturated heterocycles. The molecule has 0 saturated carbocycles. The number of hydrazine groups is 1. The summed E-state index contributed by atoms with van der Waals surface area (Å²) in [4.78, 5) is 0. The Morgan fingerprint density at radius 3 is 2.44 bits per heavy atom. The topological polar surface area (TPSA) is 72.2 Å². The predicted molar refractivity (Wildman–Crippen MR) is 73.7 cm³/mol. The van der Waals surface area contributed by atoms with Gasteiger partial charge in [-0.2, -0.15) is 0 Å². The quantitative estimate of drug-likeness (QED) is 0.646. The molecule has 2 rings (SSSR count). The smallest absolute Gasteiger partial charge is 0.149 e. The van der Waals surface area contributed by atoms with Gasteiger partial charge in [-0.15, -0.1) is 0 Å². The minimum atomic E-state index is -3.08. The van der Waals surface area contributed by atoms with Crippen molar-refractivity contribution >= 4 is 20.6 Å². The molecule has 0 fully saturated rings. The van der Waals surface area contributed by atoms with Crippen molar-refractivity contribution in [3.05, 3.63) is 48.0 Å². The molecule has 2 aromatic carbocycles. The molecule has 96 valence electrons. The van der Waals surface area contributed by atoms with E-state index in [1.165, 1.54) is 6.26 Å². The van der Waals surface area contributed by atoms with Crippen LogP contribution < -0.4 is 11.3 Å². The van der Waals surface area contributed by atoms with E-state index in [4.69, 9.17) is 5.84 Å². The van der Waals surface area contributed by atoms with E-state index >= 15 is 0 Å². The molecular weight excluding hydrogens is 248 g/mol. The lowest BCUT2D eigenvalue weighted by Gasteiger charge is -2.15. The summed E-state index contributed by atoms with van der Waals surface area (Å²) in [5.41, 5.74) is 3.44. The second-order valence-corrected chi connectivity index (χ2v) is 6.60. The molecule has 0 bridgehead atoms. The highest BCUT2D eigenvalue weighted by Gasteiger charge is 2.16. The molecule has 0 heterocycles. The Hall–Kier alpha value is -1.43. The van der Waals surface area contributed by atoms with Crippen LogP contribution in [0.4, 0.5) is 0 Å². The molecule has 0 aliphatic heterocycles. The molecule has 0 aliphatic carbocycles. The van der Waals surface area contributed by atoms with Gasteiger partial charge in [-0.3, -0.25) is 11.3 Å². The van der Waals surface area contributed by atoms with Gasteiger partial charge in [0, 0.05) is 6.26 Å². The Morgan fingerprint density at radius 2 is 1.83 bits per heavy atom. The summed E-state index contributed by atoms with van der Waals surface area (Å²) >= 11 is 0. The third-order valence-electron chi connectivity index (χ3n) is 2.85. The first-order valence-corrected chi connectivity index (χ1v) is 7.68. The zero-order valence-electron chi connectivity index (χ0n) is 10.1. The van der Waals surface area contributed by atoms with Crippen molar-refractivity contribution < 1.29 is 8.42 Å². The van der Waals surface area contributed by atoms with Crippen LogP contribution >= 0.6 is 0 Å². The van der Waals surface area contributed by atoms with E-state index in [-0.39, 0.29) is 11.8 Å². The highest BCUT2D eigenvalue weighted by atomic mass is 32.2. The first-order valence-electron chi connectivity index (χ1n) is 5.62. The molecule has 0 radical (unpaired) electrons. The molecule has 0 amide bonds. The maximum atomic E-state index is 11.3. The summed E-state index contributed by atoms with van der Waals surface area (Å²) in [6, 6.07) is 13.4. The molecule has 3 N–H and O–H groups in total. The van der Waals surface area contributed by atoms with Gasteiger partial charge < -0.3 is 0 Å². The number of benzene rings is 2. The largest absolute Gasteiger partial charge is 0.271 e. The lowest BCUT2D eigenvalue weighted by atomic mass is 10.0. The molecular formula is C13H16N2O2S. The summed E-state index contributed by atoms with van der Waals surface area (Å²) < 4.78 is 22.7. The minimum Gasteiger partial charge on any atom is -0.271 e. The fourth-order valence-corrected chi connectivity index (χ4v) is 2.86. The summed E-state index contributed by atoms with van der Waals surface area (Å²) in [5.74, 6) is 5.43. The Labute approximate surface area is 107 Å². The van der Waals surface area contributed by atoms with E-state index in [1.807, 2.05) is 42.5 Å². The van der Waals surface area contributed by atoms with Gasteiger partial charge in [-0.05, 0) is 22.4 Å². The van der Waals surface area contributed by atoms with Crippen molar-refractivity contribution in [3.63, 3.8) is 0 Å². The Morgan fingerprint density at radius 1 is 1.17 bits per heavy atom. The van der Waals surface area contributed by atoms with Crippen LogP contribution in [0.2, 0.25) is 0 Å². The van der Waals surface area contributed by atoms with E-state index < -0.39 is 9.84 Å². The van der Waals surface area contributed by atoms with Gasteiger partial charge >= 0.3 is 0 Å². The van der Waals surface area contributed by atoms with E-state index in [1.54, 1.807) is 0 Å². The zero-order chi connectivity index (χ0) is 13.2. The number of nitrogens with one attached hydrogen (secondary N) is 1. The van der Waals surface area contributed by atoms with Crippen molar-refractivity contribution in [2.75, 3.05) is 12.0 Å². The Bertz CT molecular complexity index is 653. The molecule has 4 nitrogen and oxygen atoms in total. The predicted octanol–water partition coefficient (Wildman–Crippen LogP) is 1.39. The highest BCUT2D eigenvalue weighted by Crippen LogP contribution is 2.20. The third kappa shape index (κ3) is 3.07. The van der Waals surface area contributed by atoms with E-state index in [2.05, 4.69) is 5.43 Å². The van der Waals surface area contributed by atoms with Crippen LogP contribution in [-0.4, -0.2) is 20.4 Å². The number of hydrogen-bond donors (Lipinski definition) is 2. The zero-order valence-corrected chi connectivity index (χ0v) is 10.9. The molecule has 1 unspecified atom stereocenters. The SMILES string of the molecule is CS(=O)(=O)CC(NN)c1ccc2ccccc2c1. The molecule has 5 heteroatoms. The molecule has 0 aliphatic rings. The van der Waals surface area contributed by atoms with Crippen LogP contribution in [-0.2, 0) is 9.84 Å². The van der Waals surface area contributed by atoms with Crippen LogP contribution in [0.3, 0.4) is 0 Å². The van der Waals surface area contributed by atoms with Crippen LogP contribution in [0.25, 0.3) is 10.8 Å². The fourth-order valence-electron chi connectivity index (χ4n) is 1.97. The summed E-state index contributed by atoms with van der Waals surface area (Å²) in [5, 5.41) is 2.19. The van der Waals surface area contributed by atoms with E-state index in [9.17, 15) is 8.42 Å². The van der Waals surface area contributed by atoms with Crippen LogP contribution in [0.15, 0.2) is 42.5 Å². The molecule has 0 spiro atoms. The number of sulfone groups is 1. The van der Waals surface area contributed by atoms with Crippen molar-refractivity contribution in [2.24, 2.45) is 5.84 Å². The van der Waals surface area contributed by atoms with Crippen molar-refractivity contribution in [1.82, 2.24) is 5.43 Å². The first-order chi connectivity index (χ1) is 8.49. The van der Waals surface area contributed by atoms with Gasteiger partial charge in [0.05, 0.1) is 11.8 Å². The standard InChI is InChI=1S/C13H16N2O2S/c1-18(16,17)9-13(15-14)12-7-6-10-4-2-3-5-11(10)8-12/h2-8,13,15H,9,14H2,1H3. The summed E-state index contributed by atoms with van der Waals surface area (Å²) in [7, 11) is -3.08. The molecule has 2 aromatic rings. The highest BCUT2D eigenvalue weighted by molar-refractivity contribution is 7.90. The van der Waals surface area contributed by atoms with E-state index in [0.717, 1.165) is 16.3 Å². The number of nitrogens with two attached hydrogens (primary N) is 1. The normalized spacial score (nSPS) is 13.7. The number of hydrogen-bond acceptors (Lipinski definition) is 4. The molecule has 1 atom stereocenters. The molecule has 18 heavy (non-hydrogen) atoms. The average Bonchev–Trinajstić information content (AvgIpc) is 2.34. The minimum absolute atomic E-state index is 0.0121. The maximum absolute atomic E-state index is 11.3. The van der Waals surface area contributed by atoms with Gasteiger partial charge in [-0.1, -0.05) is 36.4 Å². The van der Waals surface area contributed by atoms with Crippen LogP contribution in [0.1, 0.15) is 11.6 Å². The van der Waals surface area contributed by atoms with Crippen LogP contribution in [0, 0.1) is 0 Å². The lowest BCUT2D eigenvalue weighted by molar-refractivity contribution is 0.564.